The van der Waals surface area contributed by atoms with Crippen molar-refractivity contribution >= 4 is 11.8 Å². The van der Waals surface area contributed by atoms with Crippen LogP contribution >= 0.6 is 11.8 Å². The fraction of sp³-hybridized carbons (Fsp3) is 0.625. The lowest BCUT2D eigenvalue weighted by Crippen LogP contribution is -2.07. The lowest BCUT2D eigenvalue weighted by atomic mass is 10.3. The monoisotopic (exact) mass is 182 g/mol. The number of thioether (sulfide) groups is 1. The second-order valence-electron chi connectivity index (χ2n) is 3.46. The highest BCUT2D eigenvalue weighted by Crippen LogP contribution is 2.38. The Balaban J connectivity index is 2.20. The third kappa shape index (κ3) is 0.813. The maximum absolute atomic E-state index is 11.4. The van der Waals surface area contributed by atoms with Gasteiger partial charge in [-0.2, -0.15) is 11.8 Å². The summed E-state index contributed by atoms with van der Waals surface area (Å²) in [6.45, 7) is 0. The van der Waals surface area contributed by atoms with Crippen LogP contribution in [0.2, 0.25) is 0 Å². The van der Waals surface area contributed by atoms with E-state index < -0.39 is 0 Å². The molecule has 3 rings (SSSR count). The average molecular weight is 182 g/mol. The van der Waals surface area contributed by atoms with E-state index in [1.165, 1.54) is 18.5 Å². The van der Waals surface area contributed by atoms with Gasteiger partial charge in [0.25, 0.3) is 5.56 Å². The van der Waals surface area contributed by atoms with Gasteiger partial charge in [-0.15, -0.1) is 0 Å². The van der Waals surface area contributed by atoms with Gasteiger partial charge in [0.05, 0.1) is 17.3 Å². The van der Waals surface area contributed by atoms with Crippen LogP contribution in [0.25, 0.3) is 0 Å². The standard InChI is InChI=1S/C8H10N2OS/c11-8-6-3-12-4-7(6)10(9-8)5-1-2-5/h5H,1-4H2,(H,9,11). The van der Waals surface area contributed by atoms with Gasteiger partial charge in [0.1, 0.15) is 0 Å². The van der Waals surface area contributed by atoms with Gasteiger partial charge in [-0.3, -0.25) is 14.6 Å². The Morgan fingerprint density at radius 1 is 1.42 bits per heavy atom. The highest BCUT2D eigenvalue weighted by molar-refractivity contribution is 7.98. The summed E-state index contributed by atoms with van der Waals surface area (Å²) in [5.41, 5.74) is 2.42. The van der Waals surface area contributed by atoms with E-state index in [1.54, 1.807) is 0 Å². The number of nitrogens with one attached hydrogen (secondary N) is 1. The van der Waals surface area contributed by atoms with Crippen LogP contribution in [-0.4, -0.2) is 9.78 Å². The van der Waals surface area contributed by atoms with E-state index in [9.17, 15) is 4.79 Å². The molecule has 0 saturated heterocycles. The van der Waals surface area contributed by atoms with Crippen LogP contribution in [0.4, 0.5) is 0 Å². The zero-order chi connectivity index (χ0) is 8.13. The number of fused-ring (bicyclic) bond motifs is 1. The quantitative estimate of drug-likeness (QED) is 0.710. The number of hydrogen-bond donors (Lipinski definition) is 1. The molecule has 1 N–H and O–H groups in total. The lowest BCUT2D eigenvalue weighted by Gasteiger charge is -2.01. The maximum Gasteiger partial charge on any atom is 0.268 e. The van der Waals surface area contributed by atoms with E-state index in [0.717, 1.165) is 17.1 Å². The molecule has 0 amide bonds. The number of hydrogen-bond acceptors (Lipinski definition) is 2. The first-order valence-electron chi connectivity index (χ1n) is 4.26. The lowest BCUT2D eigenvalue weighted by molar-refractivity contribution is 0.614. The van der Waals surface area contributed by atoms with Crippen molar-refractivity contribution in [3.8, 4) is 0 Å². The largest absolute Gasteiger partial charge is 0.285 e. The van der Waals surface area contributed by atoms with Crippen LogP contribution in [0, 0.1) is 0 Å². The van der Waals surface area contributed by atoms with Crippen LogP contribution in [0.3, 0.4) is 0 Å². The Labute approximate surface area is 74.1 Å². The van der Waals surface area contributed by atoms with Crippen molar-refractivity contribution in [3.63, 3.8) is 0 Å². The van der Waals surface area contributed by atoms with Gasteiger partial charge in [-0.05, 0) is 12.8 Å². The van der Waals surface area contributed by atoms with Crippen molar-refractivity contribution in [3.05, 3.63) is 21.6 Å². The molecule has 0 unspecified atom stereocenters. The molecular formula is C8H10N2OS. The summed E-state index contributed by atoms with van der Waals surface area (Å²) in [4.78, 5) is 11.4. The fourth-order valence-corrected chi connectivity index (χ4v) is 2.83. The minimum Gasteiger partial charge on any atom is -0.285 e. The van der Waals surface area contributed by atoms with E-state index in [1.807, 2.05) is 11.8 Å². The number of H-pyrrole nitrogens is 1. The zero-order valence-corrected chi connectivity index (χ0v) is 7.49. The SMILES string of the molecule is O=c1[nH]n(C2CC2)c2c1CSC2. The average Bonchev–Trinajstić information content (AvgIpc) is 2.68. The topological polar surface area (TPSA) is 37.8 Å². The second kappa shape index (κ2) is 2.19. The summed E-state index contributed by atoms with van der Waals surface area (Å²) >= 11 is 1.84. The number of aromatic nitrogens is 2. The van der Waals surface area contributed by atoms with Gasteiger partial charge in [0.2, 0.25) is 0 Å². The molecule has 1 saturated carbocycles. The van der Waals surface area contributed by atoms with E-state index in [0.29, 0.717) is 6.04 Å². The number of nitrogens with zero attached hydrogens (tertiary/aromatic N) is 1. The van der Waals surface area contributed by atoms with Gasteiger partial charge >= 0.3 is 0 Å². The predicted molar refractivity (Wildman–Crippen MR) is 48.3 cm³/mol. The summed E-state index contributed by atoms with van der Waals surface area (Å²) in [6.07, 6.45) is 2.48. The van der Waals surface area contributed by atoms with Crippen LogP contribution in [0.1, 0.15) is 30.1 Å². The molecule has 1 aromatic rings. The normalized spacial score (nSPS) is 21.3. The minimum atomic E-state index is 0.141. The first-order chi connectivity index (χ1) is 5.86. The molecule has 0 atom stereocenters. The molecule has 0 spiro atoms. The highest BCUT2D eigenvalue weighted by atomic mass is 32.2. The molecule has 2 aliphatic rings. The first-order valence-corrected chi connectivity index (χ1v) is 5.42. The van der Waals surface area contributed by atoms with Gasteiger partial charge in [-0.25, -0.2) is 0 Å². The van der Waals surface area contributed by atoms with Gasteiger partial charge in [-0.1, -0.05) is 0 Å². The molecule has 64 valence electrons. The molecular weight excluding hydrogens is 172 g/mol. The first kappa shape index (κ1) is 6.83. The fourth-order valence-electron chi connectivity index (χ4n) is 1.72. The molecule has 0 radical (unpaired) electrons. The molecule has 1 aliphatic carbocycles. The van der Waals surface area contributed by atoms with Crippen LogP contribution in [-0.2, 0) is 11.5 Å². The molecule has 3 nitrogen and oxygen atoms in total. The Morgan fingerprint density at radius 3 is 3.00 bits per heavy atom. The van der Waals surface area contributed by atoms with Gasteiger partial charge < -0.3 is 0 Å². The van der Waals surface area contributed by atoms with Crippen molar-refractivity contribution < 1.29 is 0 Å². The highest BCUT2D eigenvalue weighted by Gasteiger charge is 2.30. The van der Waals surface area contributed by atoms with Crippen molar-refractivity contribution in [1.82, 2.24) is 9.78 Å². The number of rotatable bonds is 1. The molecule has 4 heteroatoms. The summed E-state index contributed by atoms with van der Waals surface area (Å²) < 4.78 is 2.09. The van der Waals surface area contributed by atoms with Crippen LogP contribution < -0.4 is 5.56 Å². The zero-order valence-electron chi connectivity index (χ0n) is 6.67. The molecule has 12 heavy (non-hydrogen) atoms. The smallest absolute Gasteiger partial charge is 0.268 e. The molecule has 2 heterocycles. The minimum absolute atomic E-state index is 0.141. The summed E-state index contributed by atoms with van der Waals surface area (Å²) in [5, 5.41) is 2.92. The third-order valence-electron chi connectivity index (χ3n) is 2.53. The Bertz CT molecular complexity index is 375. The maximum atomic E-state index is 11.4. The predicted octanol–water partition coefficient (Wildman–Crippen LogP) is 1.26. The van der Waals surface area contributed by atoms with Crippen molar-refractivity contribution in [1.29, 1.82) is 0 Å². The van der Waals surface area contributed by atoms with E-state index in [2.05, 4.69) is 9.78 Å². The molecule has 0 aromatic carbocycles. The molecule has 1 fully saturated rings. The van der Waals surface area contributed by atoms with Crippen LogP contribution in [0.15, 0.2) is 4.79 Å². The van der Waals surface area contributed by atoms with Crippen molar-refractivity contribution in [2.24, 2.45) is 0 Å². The Morgan fingerprint density at radius 2 is 2.25 bits per heavy atom. The van der Waals surface area contributed by atoms with Crippen molar-refractivity contribution in [2.75, 3.05) is 0 Å². The van der Waals surface area contributed by atoms with Gasteiger partial charge in [0.15, 0.2) is 0 Å². The van der Waals surface area contributed by atoms with E-state index in [-0.39, 0.29) is 5.56 Å². The Kier molecular flexibility index (Phi) is 1.25. The number of aromatic amines is 1. The summed E-state index contributed by atoms with van der Waals surface area (Å²) in [5.74, 6) is 1.93. The molecule has 0 bridgehead atoms. The van der Waals surface area contributed by atoms with E-state index >= 15 is 0 Å². The van der Waals surface area contributed by atoms with E-state index in [4.69, 9.17) is 0 Å². The molecule has 1 aliphatic heterocycles. The molecule has 1 aromatic heterocycles. The summed E-state index contributed by atoms with van der Waals surface area (Å²) in [7, 11) is 0. The van der Waals surface area contributed by atoms with Crippen LogP contribution in [0.5, 0.6) is 0 Å². The summed E-state index contributed by atoms with van der Waals surface area (Å²) in [6, 6.07) is 0.611. The second-order valence-corrected chi connectivity index (χ2v) is 4.45. The van der Waals surface area contributed by atoms with Crippen molar-refractivity contribution in [2.45, 2.75) is 30.4 Å². The third-order valence-corrected chi connectivity index (χ3v) is 3.50. The Hall–Kier alpha value is -0.640. The van der Waals surface area contributed by atoms with Gasteiger partial charge in [0, 0.05) is 11.5 Å².